The van der Waals surface area contributed by atoms with Gasteiger partial charge in [0.15, 0.2) is 0 Å². The van der Waals surface area contributed by atoms with E-state index in [-0.39, 0.29) is 18.4 Å². The number of halogens is 2. The molecule has 0 aliphatic heterocycles. The number of carbonyl (C=O) groups is 1. The quantitative estimate of drug-likeness (QED) is 0.871. The van der Waals surface area contributed by atoms with Crippen molar-refractivity contribution >= 4 is 33.5 Å². The van der Waals surface area contributed by atoms with Crippen molar-refractivity contribution in [2.24, 2.45) is 5.73 Å². The Morgan fingerprint density at radius 1 is 1.67 bits per heavy atom. The van der Waals surface area contributed by atoms with Crippen molar-refractivity contribution in [1.29, 1.82) is 0 Å². The maximum absolute atomic E-state index is 11.0. The topological polar surface area (TPSA) is 52.3 Å². The first-order chi connectivity index (χ1) is 7.04. The molecule has 0 bridgehead atoms. The van der Waals surface area contributed by atoms with Gasteiger partial charge in [-0.3, -0.25) is 4.79 Å². The average Bonchev–Trinajstić information content (AvgIpc) is 2.21. The van der Waals surface area contributed by atoms with Gasteiger partial charge < -0.3 is 10.5 Å². The van der Waals surface area contributed by atoms with Gasteiger partial charge in [0.2, 0.25) is 0 Å². The van der Waals surface area contributed by atoms with Gasteiger partial charge >= 0.3 is 5.97 Å². The van der Waals surface area contributed by atoms with Crippen molar-refractivity contribution in [1.82, 2.24) is 0 Å². The summed E-state index contributed by atoms with van der Waals surface area (Å²) >= 11 is 9.19. The molecule has 0 amide bonds. The zero-order chi connectivity index (χ0) is 11.4. The van der Waals surface area contributed by atoms with E-state index < -0.39 is 0 Å². The van der Waals surface area contributed by atoms with Gasteiger partial charge in [-0.2, -0.15) is 0 Å². The van der Waals surface area contributed by atoms with E-state index in [9.17, 15) is 4.79 Å². The summed E-state index contributed by atoms with van der Waals surface area (Å²) in [6.45, 7) is 0. The van der Waals surface area contributed by atoms with Crippen LogP contribution in [-0.4, -0.2) is 13.1 Å². The molecule has 2 N–H and O–H groups in total. The zero-order valence-electron chi connectivity index (χ0n) is 8.17. The Bertz CT molecular complexity index is 370. The summed E-state index contributed by atoms with van der Waals surface area (Å²) in [4.78, 5) is 11.0. The van der Waals surface area contributed by atoms with E-state index >= 15 is 0 Å². The molecule has 3 nitrogen and oxygen atoms in total. The molecule has 0 saturated heterocycles. The molecule has 1 aromatic rings. The third-order valence-corrected chi connectivity index (χ3v) is 3.22. The summed E-state index contributed by atoms with van der Waals surface area (Å²) in [5, 5.41) is 0.577. The minimum Gasteiger partial charge on any atom is -0.469 e. The largest absolute Gasteiger partial charge is 0.469 e. The second kappa shape index (κ2) is 5.49. The number of hydrogen-bond acceptors (Lipinski definition) is 3. The first kappa shape index (κ1) is 12.5. The predicted octanol–water partition coefficient (Wildman–Crippen LogP) is 2.67. The molecular weight excluding hydrogens is 281 g/mol. The van der Waals surface area contributed by atoms with Gasteiger partial charge in [0.25, 0.3) is 0 Å². The van der Waals surface area contributed by atoms with Gasteiger partial charge in [-0.05, 0) is 33.6 Å². The minimum absolute atomic E-state index is 0.147. The number of rotatable bonds is 3. The Hall–Kier alpha value is -0.580. The number of esters is 1. The lowest BCUT2D eigenvalue weighted by atomic mass is 10.1. The van der Waals surface area contributed by atoms with E-state index in [2.05, 4.69) is 20.7 Å². The Kier molecular flexibility index (Phi) is 4.57. The molecule has 82 valence electrons. The van der Waals surface area contributed by atoms with Gasteiger partial charge in [0.05, 0.1) is 18.6 Å². The summed E-state index contributed by atoms with van der Waals surface area (Å²) in [6, 6.07) is 4.97. The third kappa shape index (κ3) is 3.48. The summed E-state index contributed by atoms with van der Waals surface area (Å²) in [5.74, 6) is -0.332. The second-order valence-corrected chi connectivity index (χ2v) is 4.32. The van der Waals surface area contributed by atoms with Crippen LogP contribution in [0.5, 0.6) is 0 Å². The van der Waals surface area contributed by atoms with E-state index in [4.69, 9.17) is 17.3 Å². The Balaban J connectivity index is 2.78. The van der Waals surface area contributed by atoms with Crippen molar-refractivity contribution in [2.75, 3.05) is 7.11 Å². The lowest BCUT2D eigenvalue weighted by Crippen LogP contribution is -2.16. The number of benzene rings is 1. The first-order valence-electron chi connectivity index (χ1n) is 4.32. The highest BCUT2D eigenvalue weighted by atomic mass is 79.9. The van der Waals surface area contributed by atoms with E-state index in [1.54, 1.807) is 12.1 Å². The molecule has 0 unspecified atom stereocenters. The fourth-order valence-corrected chi connectivity index (χ4v) is 1.56. The van der Waals surface area contributed by atoms with Crippen LogP contribution >= 0.6 is 27.5 Å². The average molecular weight is 293 g/mol. The molecule has 0 aliphatic carbocycles. The molecule has 0 aliphatic rings. The highest BCUT2D eigenvalue weighted by Gasteiger charge is 2.12. The van der Waals surface area contributed by atoms with E-state index in [1.807, 2.05) is 6.07 Å². The van der Waals surface area contributed by atoms with Gasteiger partial charge in [-0.15, -0.1) is 0 Å². The Morgan fingerprint density at radius 2 is 2.33 bits per heavy atom. The van der Waals surface area contributed by atoms with Crippen LogP contribution in [0.4, 0.5) is 0 Å². The normalized spacial score (nSPS) is 12.3. The maximum Gasteiger partial charge on any atom is 0.307 e. The van der Waals surface area contributed by atoms with E-state index in [0.717, 1.165) is 10.0 Å². The molecule has 0 fully saturated rings. The fraction of sp³-hybridized carbons (Fsp3) is 0.300. The van der Waals surface area contributed by atoms with Crippen LogP contribution in [0.3, 0.4) is 0 Å². The van der Waals surface area contributed by atoms with Crippen LogP contribution in [0.15, 0.2) is 22.7 Å². The summed E-state index contributed by atoms with van der Waals surface area (Å²) in [5.41, 5.74) is 6.63. The smallest absolute Gasteiger partial charge is 0.307 e. The summed E-state index contributed by atoms with van der Waals surface area (Å²) in [6.07, 6.45) is 0.147. The number of methoxy groups -OCH3 is 1. The van der Waals surface area contributed by atoms with Crippen molar-refractivity contribution in [2.45, 2.75) is 12.5 Å². The number of hydrogen-bond donors (Lipinski definition) is 1. The second-order valence-electron chi connectivity index (χ2n) is 3.06. The number of nitrogens with two attached hydrogens (primary N) is 1. The number of ether oxygens (including phenoxy) is 1. The Labute approximate surface area is 102 Å². The van der Waals surface area contributed by atoms with Crippen LogP contribution in [0, 0.1) is 0 Å². The molecule has 15 heavy (non-hydrogen) atoms. The molecule has 0 radical (unpaired) electrons. The zero-order valence-corrected chi connectivity index (χ0v) is 10.5. The maximum atomic E-state index is 11.0. The minimum atomic E-state index is -0.386. The molecule has 0 aromatic heterocycles. The lowest BCUT2D eigenvalue weighted by Gasteiger charge is -2.11. The monoisotopic (exact) mass is 291 g/mol. The molecule has 1 aromatic carbocycles. The SMILES string of the molecule is COC(=O)C[C@@H](N)c1ccc(Br)c(Cl)c1. The molecule has 0 spiro atoms. The van der Waals surface area contributed by atoms with Crippen molar-refractivity contribution in [3.8, 4) is 0 Å². The molecule has 0 heterocycles. The van der Waals surface area contributed by atoms with Crippen LogP contribution < -0.4 is 5.73 Å². The van der Waals surface area contributed by atoms with Crippen LogP contribution in [0.2, 0.25) is 5.02 Å². The van der Waals surface area contributed by atoms with Gasteiger partial charge in [0, 0.05) is 10.5 Å². The summed E-state index contributed by atoms with van der Waals surface area (Å²) in [7, 11) is 1.34. The van der Waals surface area contributed by atoms with E-state index in [1.165, 1.54) is 7.11 Å². The molecule has 5 heteroatoms. The molecule has 0 saturated carbocycles. The van der Waals surface area contributed by atoms with E-state index in [0.29, 0.717) is 5.02 Å². The number of carbonyl (C=O) groups excluding carboxylic acids is 1. The third-order valence-electron chi connectivity index (χ3n) is 1.99. The molecule has 1 atom stereocenters. The highest BCUT2D eigenvalue weighted by Crippen LogP contribution is 2.26. The highest BCUT2D eigenvalue weighted by molar-refractivity contribution is 9.10. The molecular formula is C10H11BrClNO2. The van der Waals surface area contributed by atoms with Crippen molar-refractivity contribution in [3.63, 3.8) is 0 Å². The first-order valence-corrected chi connectivity index (χ1v) is 5.49. The lowest BCUT2D eigenvalue weighted by molar-refractivity contribution is -0.141. The fourth-order valence-electron chi connectivity index (χ4n) is 1.12. The van der Waals surface area contributed by atoms with Gasteiger partial charge in [-0.25, -0.2) is 0 Å². The Morgan fingerprint density at radius 3 is 2.87 bits per heavy atom. The summed E-state index contributed by atoms with van der Waals surface area (Å²) < 4.78 is 5.34. The van der Waals surface area contributed by atoms with Crippen molar-refractivity contribution in [3.05, 3.63) is 33.3 Å². The predicted molar refractivity (Wildman–Crippen MR) is 62.7 cm³/mol. The van der Waals surface area contributed by atoms with Crippen LogP contribution in [0.1, 0.15) is 18.0 Å². The standard InChI is InChI=1S/C10H11BrClNO2/c1-15-10(14)5-9(13)6-2-3-7(11)8(12)4-6/h2-4,9H,5,13H2,1H3/t9-/m1/s1. The molecule has 1 rings (SSSR count). The van der Waals surface area contributed by atoms with Crippen molar-refractivity contribution < 1.29 is 9.53 Å². The van der Waals surface area contributed by atoms with Crippen LogP contribution in [0.25, 0.3) is 0 Å². The van der Waals surface area contributed by atoms with Crippen LogP contribution in [-0.2, 0) is 9.53 Å². The van der Waals surface area contributed by atoms with Gasteiger partial charge in [0.1, 0.15) is 0 Å². The van der Waals surface area contributed by atoms with Gasteiger partial charge in [-0.1, -0.05) is 17.7 Å².